The number of ketones is 1. The van der Waals surface area contributed by atoms with Gasteiger partial charge in [-0.1, -0.05) is 24.3 Å². The first kappa shape index (κ1) is 14.6. The Kier molecular flexibility index (Phi) is 3.50. The molecule has 6 heteroatoms. The van der Waals surface area contributed by atoms with Crippen molar-refractivity contribution < 1.29 is 14.8 Å². The van der Waals surface area contributed by atoms with Crippen LogP contribution in [-0.2, 0) is 0 Å². The number of hydrogen-bond donors (Lipinski definition) is 1. The molecule has 0 heterocycles. The van der Waals surface area contributed by atoms with Crippen LogP contribution < -0.4 is 0 Å². The molecule has 1 aliphatic carbocycles. The van der Waals surface area contributed by atoms with Crippen molar-refractivity contribution in [2.75, 3.05) is 0 Å². The summed E-state index contributed by atoms with van der Waals surface area (Å²) >= 11 is 0. The number of nitro groups is 1. The number of rotatable bonds is 3. The Hall–Kier alpha value is -3.28. The number of carbonyl (C=O) groups excluding carboxylic acids is 1. The zero-order valence-electron chi connectivity index (χ0n) is 12.2. The van der Waals surface area contributed by atoms with Gasteiger partial charge in [-0.25, -0.2) is 0 Å². The van der Waals surface area contributed by atoms with E-state index in [-0.39, 0.29) is 22.8 Å². The standard InChI is InChI=1S/C17H12N2O4/c1-10(18-11-6-8-12(9-7-11)19(22)23)15-16(20)13-4-2-3-5-14(13)17(15)21/h2-9,20H,1H3. The van der Waals surface area contributed by atoms with Crippen LogP contribution in [0.25, 0.3) is 5.76 Å². The molecule has 0 aromatic heterocycles. The number of benzene rings is 2. The number of nitro benzene ring substituents is 1. The summed E-state index contributed by atoms with van der Waals surface area (Å²) in [4.78, 5) is 26.8. The molecular formula is C17H12N2O4. The van der Waals surface area contributed by atoms with Gasteiger partial charge in [0.25, 0.3) is 5.69 Å². The average molecular weight is 308 g/mol. The lowest BCUT2D eigenvalue weighted by atomic mass is 10.1. The van der Waals surface area contributed by atoms with Crippen LogP contribution in [0.4, 0.5) is 11.4 Å². The average Bonchev–Trinajstić information content (AvgIpc) is 2.80. The molecule has 0 atom stereocenters. The van der Waals surface area contributed by atoms with E-state index >= 15 is 0 Å². The van der Waals surface area contributed by atoms with Crippen LogP contribution in [0.3, 0.4) is 0 Å². The first-order chi connectivity index (χ1) is 11.0. The fourth-order valence-corrected chi connectivity index (χ4v) is 2.50. The largest absolute Gasteiger partial charge is 0.506 e. The van der Waals surface area contributed by atoms with Gasteiger partial charge in [0.2, 0.25) is 0 Å². The van der Waals surface area contributed by atoms with Gasteiger partial charge in [0, 0.05) is 23.3 Å². The third-order valence-electron chi connectivity index (χ3n) is 3.61. The van der Waals surface area contributed by atoms with Crippen LogP contribution in [-0.4, -0.2) is 21.5 Å². The van der Waals surface area contributed by atoms with Crippen molar-refractivity contribution in [2.24, 2.45) is 4.99 Å². The minimum absolute atomic E-state index is 0.0342. The molecule has 114 valence electrons. The molecule has 0 bridgehead atoms. The molecule has 1 aliphatic rings. The second-order valence-corrected chi connectivity index (χ2v) is 5.07. The molecule has 0 unspecified atom stereocenters. The highest BCUT2D eigenvalue weighted by atomic mass is 16.6. The van der Waals surface area contributed by atoms with Crippen LogP contribution in [0.5, 0.6) is 0 Å². The minimum atomic E-state index is -0.494. The van der Waals surface area contributed by atoms with Crippen molar-refractivity contribution in [3.8, 4) is 0 Å². The normalized spacial score (nSPS) is 14.1. The highest BCUT2D eigenvalue weighted by molar-refractivity contribution is 6.35. The SMILES string of the molecule is CC(=Nc1ccc([N+](=O)[O-])cc1)C1=C(O)c2ccccc2C1=O. The third kappa shape index (κ3) is 2.50. The highest BCUT2D eigenvalue weighted by Gasteiger charge is 2.30. The van der Waals surface area contributed by atoms with E-state index < -0.39 is 4.92 Å². The van der Waals surface area contributed by atoms with Crippen molar-refractivity contribution in [1.82, 2.24) is 0 Å². The second kappa shape index (κ2) is 5.49. The molecule has 23 heavy (non-hydrogen) atoms. The second-order valence-electron chi connectivity index (χ2n) is 5.07. The topological polar surface area (TPSA) is 92.8 Å². The summed E-state index contributed by atoms with van der Waals surface area (Å²) in [7, 11) is 0. The Morgan fingerprint density at radius 3 is 2.26 bits per heavy atom. The van der Waals surface area contributed by atoms with Crippen LogP contribution in [0.15, 0.2) is 59.1 Å². The lowest BCUT2D eigenvalue weighted by Crippen LogP contribution is -2.07. The van der Waals surface area contributed by atoms with Gasteiger partial charge in [-0.05, 0) is 19.1 Å². The fraction of sp³-hybridized carbons (Fsp3) is 0.0588. The van der Waals surface area contributed by atoms with Crippen LogP contribution >= 0.6 is 0 Å². The number of aliphatic hydroxyl groups excluding tert-OH is 1. The Labute approximate surface area is 131 Å². The summed E-state index contributed by atoms with van der Waals surface area (Å²) in [5.74, 6) is -0.366. The molecule has 1 N–H and O–H groups in total. The number of non-ortho nitro benzene ring substituents is 1. The molecule has 0 saturated heterocycles. The molecule has 0 radical (unpaired) electrons. The van der Waals surface area contributed by atoms with E-state index in [1.54, 1.807) is 31.2 Å². The van der Waals surface area contributed by atoms with Crippen molar-refractivity contribution in [3.63, 3.8) is 0 Å². The van der Waals surface area contributed by atoms with Gasteiger partial charge in [-0.3, -0.25) is 19.9 Å². The monoisotopic (exact) mass is 308 g/mol. The summed E-state index contributed by atoms with van der Waals surface area (Å²) in [5, 5.41) is 20.9. The molecule has 0 aliphatic heterocycles. The highest BCUT2D eigenvalue weighted by Crippen LogP contribution is 2.32. The summed E-state index contributed by atoms with van der Waals surface area (Å²) < 4.78 is 0. The molecule has 0 amide bonds. The summed E-state index contributed by atoms with van der Waals surface area (Å²) in [5.41, 5.74) is 1.89. The molecular weight excluding hydrogens is 296 g/mol. The van der Waals surface area contributed by atoms with Gasteiger partial charge in [-0.2, -0.15) is 0 Å². The first-order valence-electron chi connectivity index (χ1n) is 6.86. The van der Waals surface area contributed by atoms with Crippen LogP contribution in [0, 0.1) is 10.1 Å². The number of fused-ring (bicyclic) bond motifs is 1. The van der Waals surface area contributed by atoms with Gasteiger partial charge >= 0.3 is 0 Å². The Morgan fingerprint density at radius 2 is 1.70 bits per heavy atom. The van der Waals surface area contributed by atoms with E-state index in [0.717, 1.165) is 0 Å². The van der Waals surface area contributed by atoms with E-state index in [9.17, 15) is 20.0 Å². The van der Waals surface area contributed by atoms with E-state index in [0.29, 0.717) is 22.5 Å². The van der Waals surface area contributed by atoms with Crippen molar-refractivity contribution in [2.45, 2.75) is 6.92 Å². The van der Waals surface area contributed by atoms with Crippen molar-refractivity contribution in [3.05, 3.63) is 75.3 Å². The lowest BCUT2D eigenvalue weighted by molar-refractivity contribution is -0.384. The molecule has 6 nitrogen and oxygen atoms in total. The number of nitrogens with zero attached hydrogens (tertiary/aromatic N) is 2. The first-order valence-corrected chi connectivity index (χ1v) is 6.86. The predicted molar refractivity (Wildman–Crippen MR) is 86.2 cm³/mol. The van der Waals surface area contributed by atoms with Gasteiger partial charge in [-0.15, -0.1) is 0 Å². The minimum Gasteiger partial charge on any atom is -0.506 e. The van der Waals surface area contributed by atoms with E-state index in [1.165, 1.54) is 24.3 Å². The van der Waals surface area contributed by atoms with Gasteiger partial charge in [0.15, 0.2) is 5.78 Å². The Bertz CT molecular complexity index is 880. The van der Waals surface area contributed by atoms with Crippen molar-refractivity contribution >= 4 is 28.6 Å². The van der Waals surface area contributed by atoms with E-state index in [2.05, 4.69) is 4.99 Å². The number of aliphatic hydroxyl groups is 1. The zero-order valence-corrected chi connectivity index (χ0v) is 12.2. The number of allylic oxidation sites excluding steroid dienone is 1. The third-order valence-corrected chi connectivity index (χ3v) is 3.61. The zero-order chi connectivity index (χ0) is 16.6. The maximum atomic E-state index is 12.4. The number of Topliss-reactive ketones (excluding diaryl/α,β-unsaturated/α-hetero) is 1. The van der Waals surface area contributed by atoms with Gasteiger partial charge in [0.05, 0.1) is 21.9 Å². The smallest absolute Gasteiger partial charge is 0.269 e. The maximum Gasteiger partial charge on any atom is 0.269 e. The predicted octanol–water partition coefficient (Wildman–Crippen LogP) is 3.85. The number of carbonyl (C=O) groups is 1. The number of aliphatic imine (C=N–C) groups is 1. The van der Waals surface area contributed by atoms with Crippen molar-refractivity contribution in [1.29, 1.82) is 0 Å². The fourth-order valence-electron chi connectivity index (χ4n) is 2.50. The lowest BCUT2D eigenvalue weighted by Gasteiger charge is -2.02. The van der Waals surface area contributed by atoms with E-state index in [4.69, 9.17) is 0 Å². The molecule has 3 rings (SSSR count). The quantitative estimate of drug-likeness (QED) is 0.529. The Balaban J connectivity index is 1.97. The number of hydrogen-bond acceptors (Lipinski definition) is 5. The molecule has 0 fully saturated rings. The van der Waals surface area contributed by atoms with Crippen LogP contribution in [0.1, 0.15) is 22.8 Å². The molecule has 0 saturated carbocycles. The Morgan fingerprint density at radius 1 is 1.09 bits per heavy atom. The maximum absolute atomic E-state index is 12.4. The van der Waals surface area contributed by atoms with Gasteiger partial charge in [0.1, 0.15) is 5.76 Å². The van der Waals surface area contributed by atoms with Crippen LogP contribution in [0.2, 0.25) is 0 Å². The summed E-state index contributed by atoms with van der Waals surface area (Å²) in [6.45, 7) is 1.62. The molecule has 2 aromatic carbocycles. The molecule has 0 spiro atoms. The molecule has 2 aromatic rings. The summed E-state index contributed by atoms with van der Waals surface area (Å²) in [6, 6.07) is 12.5. The summed E-state index contributed by atoms with van der Waals surface area (Å²) in [6.07, 6.45) is 0. The van der Waals surface area contributed by atoms with Gasteiger partial charge < -0.3 is 5.11 Å². The van der Waals surface area contributed by atoms with E-state index in [1.807, 2.05) is 0 Å².